The van der Waals surface area contributed by atoms with Gasteiger partial charge >= 0.3 is 0 Å². The Morgan fingerprint density at radius 3 is 2.90 bits per heavy atom. The van der Waals surface area contributed by atoms with Gasteiger partial charge in [0.1, 0.15) is 0 Å². The van der Waals surface area contributed by atoms with Crippen molar-refractivity contribution in [3.63, 3.8) is 0 Å². The highest BCUT2D eigenvalue weighted by Crippen LogP contribution is 2.28. The molecule has 1 saturated heterocycles. The Labute approximate surface area is 120 Å². The molecule has 21 heavy (non-hydrogen) atoms. The summed E-state index contributed by atoms with van der Waals surface area (Å²) in [5.74, 6) is -1.13. The van der Waals surface area contributed by atoms with Crippen LogP contribution in [0.15, 0.2) is 12.3 Å². The third-order valence-corrected chi connectivity index (χ3v) is 4.15. The van der Waals surface area contributed by atoms with Crippen molar-refractivity contribution in [1.29, 1.82) is 0 Å². The Bertz CT molecular complexity index is 714. The number of likely N-dealkylation sites (tertiary alicyclic amines) is 1. The van der Waals surface area contributed by atoms with Crippen molar-refractivity contribution in [2.75, 3.05) is 13.1 Å². The van der Waals surface area contributed by atoms with Gasteiger partial charge in [0.15, 0.2) is 17.5 Å². The normalized spacial score (nSPS) is 19.2. The van der Waals surface area contributed by atoms with Gasteiger partial charge in [0.2, 0.25) is 0 Å². The lowest BCUT2D eigenvalue weighted by Crippen LogP contribution is -2.31. The molecule has 2 aromatic rings. The first-order chi connectivity index (χ1) is 10.1. The molecule has 0 saturated carbocycles. The van der Waals surface area contributed by atoms with Gasteiger partial charge < -0.3 is 4.98 Å². The second-order valence-electron chi connectivity index (χ2n) is 5.40. The van der Waals surface area contributed by atoms with Crippen LogP contribution in [-0.4, -0.2) is 29.0 Å². The maximum Gasteiger partial charge on any atom is 0.196 e. The number of halogens is 3. The highest BCUT2D eigenvalue weighted by molar-refractivity contribution is 5.84. The van der Waals surface area contributed by atoms with Crippen molar-refractivity contribution < 1.29 is 13.2 Å². The molecule has 1 fully saturated rings. The highest BCUT2D eigenvalue weighted by atomic mass is 19.2. The molecule has 3 rings (SSSR count). The number of benzene rings is 1. The van der Waals surface area contributed by atoms with Gasteiger partial charge in [-0.25, -0.2) is 13.2 Å². The Balaban J connectivity index is 1.93. The molecule has 0 spiro atoms. The quantitative estimate of drug-likeness (QED) is 0.680. The number of rotatable bonds is 3. The minimum absolute atomic E-state index is 0.0189. The van der Waals surface area contributed by atoms with Crippen molar-refractivity contribution in [2.24, 2.45) is 0 Å². The van der Waals surface area contributed by atoms with E-state index in [1.165, 1.54) is 0 Å². The Morgan fingerprint density at radius 1 is 1.33 bits per heavy atom. The minimum atomic E-state index is -1.44. The number of aromatic amines is 1. The molecule has 0 radical (unpaired) electrons. The van der Waals surface area contributed by atoms with Crippen LogP contribution in [0, 0.1) is 29.8 Å². The summed E-state index contributed by atoms with van der Waals surface area (Å²) < 4.78 is 40.3. The summed E-state index contributed by atoms with van der Waals surface area (Å²) >= 11 is 0. The predicted octanol–water partition coefficient (Wildman–Crippen LogP) is 3.23. The smallest absolute Gasteiger partial charge is 0.196 e. The minimum Gasteiger partial charge on any atom is -0.358 e. The van der Waals surface area contributed by atoms with Gasteiger partial charge in [0.25, 0.3) is 0 Å². The van der Waals surface area contributed by atoms with Crippen LogP contribution in [0.1, 0.15) is 18.4 Å². The first-order valence-electron chi connectivity index (χ1n) is 6.92. The lowest BCUT2D eigenvalue weighted by atomic mass is 10.0. The zero-order valence-corrected chi connectivity index (χ0v) is 11.4. The van der Waals surface area contributed by atoms with E-state index >= 15 is 0 Å². The zero-order valence-electron chi connectivity index (χ0n) is 11.4. The van der Waals surface area contributed by atoms with Crippen molar-refractivity contribution in [2.45, 2.75) is 25.3 Å². The molecular formula is C16H15F3N2. The fourth-order valence-corrected chi connectivity index (χ4v) is 3.10. The molecule has 0 bridgehead atoms. The van der Waals surface area contributed by atoms with E-state index < -0.39 is 17.5 Å². The summed E-state index contributed by atoms with van der Waals surface area (Å²) in [5.41, 5.74) is 0.808. The average molecular weight is 292 g/mol. The van der Waals surface area contributed by atoms with E-state index in [1.807, 2.05) is 0 Å². The van der Waals surface area contributed by atoms with E-state index in [9.17, 15) is 13.2 Å². The van der Waals surface area contributed by atoms with Crippen molar-refractivity contribution in [3.8, 4) is 12.3 Å². The van der Waals surface area contributed by atoms with E-state index in [1.54, 1.807) is 6.20 Å². The van der Waals surface area contributed by atoms with Crippen molar-refractivity contribution >= 4 is 10.9 Å². The summed E-state index contributed by atoms with van der Waals surface area (Å²) in [7, 11) is 0. The van der Waals surface area contributed by atoms with Crippen molar-refractivity contribution in [1.82, 2.24) is 9.88 Å². The molecule has 0 aliphatic carbocycles. The second kappa shape index (κ2) is 5.45. The van der Waals surface area contributed by atoms with Gasteiger partial charge in [-0.05, 0) is 37.4 Å². The monoisotopic (exact) mass is 292 g/mol. The number of H-pyrrole nitrogens is 1. The van der Waals surface area contributed by atoms with Crippen LogP contribution in [0.4, 0.5) is 13.2 Å². The van der Waals surface area contributed by atoms with Gasteiger partial charge in [-0.1, -0.05) is 5.92 Å². The summed E-state index contributed by atoms with van der Waals surface area (Å²) in [6.45, 7) is 1.51. The van der Waals surface area contributed by atoms with E-state index in [0.717, 1.165) is 31.0 Å². The molecule has 1 aromatic heterocycles. The van der Waals surface area contributed by atoms with Crippen LogP contribution in [0.3, 0.4) is 0 Å². The summed E-state index contributed by atoms with van der Waals surface area (Å²) in [6.07, 6.45) is 9.68. The molecule has 1 aliphatic heterocycles. The first kappa shape index (κ1) is 14.0. The van der Waals surface area contributed by atoms with E-state index in [4.69, 9.17) is 6.42 Å². The van der Waals surface area contributed by atoms with Crippen LogP contribution in [-0.2, 0) is 6.42 Å². The van der Waals surface area contributed by atoms with E-state index in [0.29, 0.717) is 18.4 Å². The SMILES string of the molecule is C#CCN1CCCC1Cc1c[nH]c2c(F)c(F)c(F)cc12. The van der Waals surface area contributed by atoms with Gasteiger partial charge in [-0.3, -0.25) is 4.90 Å². The largest absolute Gasteiger partial charge is 0.358 e. The Morgan fingerprint density at radius 2 is 2.14 bits per heavy atom. The molecule has 1 atom stereocenters. The topological polar surface area (TPSA) is 19.0 Å². The van der Waals surface area contributed by atoms with Gasteiger partial charge in [-0.15, -0.1) is 6.42 Å². The maximum absolute atomic E-state index is 13.7. The lowest BCUT2D eigenvalue weighted by Gasteiger charge is -2.21. The number of aromatic nitrogens is 1. The maximum atomic E-state index is 13.7. The zero-order chi connectivity index (χ0) is 15.0. The van der Waals surface area contributed by atoms with Crippen LogP contribution in [0.5, 0.6) is 0 Å². The molecule has 2 heterocycles. The Kier molecular flexibility index (Phi) is 3.64. The molecule has 1 unspecified atom stereocenters. The lowest BCUT2D eigenvalue weighted by molar-refractivity contribution is 0.284. The standard InChI is InChI=1S/C16H15F3N2/c1-2-5-21-6-3-4-11(21)7-10-9-20-16-12(10)8-13(17)14(18)15(16)19/h1,8-9,11,20H,3-7H2. The average Bonchev–Trinajstić information content (AvgIpc) is 3.06. The van der Waals surface area contributed by atoms with Gasteiger partial charge in [0.05, 0.1) is 12.1 Å². The van der Waals surface area contributed by atoms with Crippen molar-refractivity contribution in [3.05, 3.63) is 35.3 Å². The number of fused-ring (bicyclic) bond motifs is 1. The number of hydrogen-bond donors (Lipinski definition) is 1. The second-order valence-corrected chi connectivity index (χ2v) is 5.40. The number of nitrogens with zero attached hydrogens (tertiary/aromatic N) is 1. The molecule has 1 aromatic carbocycles. The molecule has 2 nitrogen and oxygen atoms in total. The third-order valence-electron chi connectivity index (χ3n) is 4.15. The van der Waals surface area contributed by atoms with Gasteiger partial charge in [0, 0.05) is 17.6 Å². The first-order valence-corrected chi connectivity index (χ1v) is 6.92. The molecular weight excluding hydrogens is 277 g/mol. The van der Waals surface area contributed by atoms with Crippen LogP contribution in [0.2, 0.25) is 0 Å². The summed E-state index contributed by atoms with van der Waals surface area (Å²) in [5, 5.41) is 0.402. The number of terminal acetylenes is 1. The van der Waals surface area contributed by atoms with Crippen LogP contribution < -0.4 is 0 Å². The van der Waals surface area contributed by atoms with Crippen LogP contribution >= 0.6 is 0 Å². The number of hydrogen-bond acceptors (Lipinski definition) is 1. The van der Waals surface area contributed by atoms with Gasteiger partial charge in [-0.2, -0.15) is 0 Å². The fourth-order valence-electron chi connectivity index (χ4n) is 3.10. The fraction of sp³-hybridized carbons (Fsp3) is 0.375. The summed E-state index contributed by atoms with van der Waals surface area (Å²) in [6, 6.07) is 1.32. The molecule has 5 heteroatoms. The van der Waals surface area contributed by atoms with E-state index in [2.05, 4.69) is 15.8 Å². The predicted molar refractivity (Wildman–Crippen MR) is 75.3 cm³/mol. The molecule has 0 amide bonds. The Hall–Kier alpha value is -1.93. The third kappa shape index (κ3) is 2.40. The summed E-state index contributed by atoms with van der Waals surface area (Å²) in [4.78, 5) is 4.89. The molecule has 1 N–H and O–H groups in total. The highest BCUT2D eigenvalue weighted by Gasteiger charge is 2.25. The molecule has 1 aliphatic rings. The van der Waals surface area contributed by atoms with Crippen LogP contribution in [0.25, 0.3) is 10.9 Å². The number of nitrogens with one attached hydrogen (secondary N) is 1. The molecule has 110 valence electrons. The van der Waals surface area contributed by atoms with E-state index in [-0.39, 0.29) is 11.6 Å².